The van der Waals surface area contributed by atoms with E-state index in [0.29, 0.717) is 48.0 Å². The first-order valence-corrected chi connectivity index (χ1v) is 8.53. The summed E-state index contributed by atoms with van der Waals surface area (Å²) in [6, 6.07) is 9.66. The van der Waals surface area contributed by atoms with Gasteiger partial charge in [0.2, 0.25) is 5.75 Å². The number of carbonyl (C=O) groups is 1. The van der Waals surface area contributed by atoms with Crippen molar-refractivity contribution in [3.05, 3.63) is 57.6 Å². The van der Waals surface area contributed by atoms with Crippen molar-refractivity contribution in [2.24, 2.45) is 0 Å². The number of carbonyl (C=O) groups excluding carboxylic acids is 1. The maximum absolute atomic E-state index is 12.4. The summed E-state index contributed by atoms with van der Waals surface area (Å²) in [6.07, 6.45) is 0. The molecule has 9 nitrogen and oxygen atoms in total. The van der Waals surface area contributed by atoms with Crippen LogP contribution in [-0.2, 0) is 6.54 Å². The Morgan fingerprint density at radius 2 is 1.68 bits per heavy atom. The van der Waals surface area contributed by atoms with Gasteiger partial charge < -0.3 is 24.8 Å². The summed E-state index contributed by atoms with van der Waals surface area (Å²) >= 11 is 0. The van der Waals surface area contributed by atoms with E-state index in [9.17, 15) is 14.9 Å². The molecule has 2 rings (SSSR count). The highest BCUT2D eigenvalue weighted by molar-refractivity contribution is 5.95. The minimum Gasteiger partial charge on any atom is -0.493 e. The topological polar surface area (TPSA) is 112 Å². The van der Waals surface area contributed by atoms with Gasteiger partial charge in [-0.3, -0.25) is 14.9 Å². The monoisotopic (exact) mass is 389 g/mol. The number of nitro benzene ring substituents is 1. The lowest BCUT2D eigenvalue weighted by Crippen LogP contribution is -2.31. The first-order chi connectivity index (χ1) is 13.5. The number of benzene rings is 2. The van der Waals surface area contributed by atoms with Crippen molar-refractivity contribution in [2.45, 2.75) is 6.54 Å². The molecule has 1 amide bonds. The summed E-state index contributed by atoms with van der Waals surface area (Å²) in [7, 11) is 4.44. The van der Waals surface area contributed by atoms with E-state index in [0.717, 1.165) is 0 Å². The molecule has 0 bridgehead atoms. The number of hydrogen-bond donors (Lipinski definition) is 2. The van der Waals surface area contributed by atoms with Gasteiger partial charge in [-0.15, -0.1) is 0 Å². The highest BCUT2D eigenvalue weighted by atomic mass is 16.6. The van der Waals surface area contributed by atoms with Crippen molar-refractivity contribution < 1.29 is 23.9 Å². The molecule has 150 valence electrons. The van der Waals surface area contributed by atoms with Crippen molar-refractivity contribution >= 4 is 11.6 Å². The molecule has 2 N–H and O–H groups in total. The van der Waals surface area contributed by atoms with Crippen molar-refractivity contribution in [3.8, 4) is 17.2 Å². The lowest BCUT2D eigenvalue weighted by molar-refractivity contribution is -0.385. The molecule has 2 aromatic carbocycles. The van der Waals surface area contributed by atoms with Crippen LogP contribution < -0.4 is 24.8 Å². The fourth-order valence-corrected chi connectivity index (χ4v) is 2.64. The molecule has 0 aliphatic carbocycles. The van der Waals surface area contributed by atoms with Crippen molar-refractivity contribution in [2.75, 3.05) is 34.4 Å². The molecular weight excluding hydrogens is 366 g/mol. The van der Waals surface area contributed by atoms with Crippen LogP contribution in [0.1, 0.15) is 15.9 Å². The Balaban J connectivity index is 1.90. The summed E-state index contributed by atoms with van der Waals surface area (Å²) < 4.78 is 15.7. The average molecular weight is 389 g/mol. The molecule has 0 atom stereocenters. The second kappa shape index (κ2) is 10.1. The van der Waals surface area contributed by atoms with Crippen LogP contribution in [-0.4, -0.2) is 45.2 Å². The van der Waals surface area contributed by atoms with Crippen molar-refractivity contribution in [3.63, 3.8) is 0 Å². The lowest BCUT2D eigenvalue weighted by Gasteiger charge is -2.14. The largest absolute Gasteiger partial charge is 0.493 e. The van der Waals surface area contributed by atoms with Crippen molar-refractivity contribution in [1.29, 1.82) is 0 Å². The summed E-state index contributed by atoms with van der Waals surface area (Å²) in [4.78, 5) is 23.0. The lowest BCUT2D eigenvalue weighted by atomic mass is 10.1. The Labute approximate surface area is 162 Å². The minimum absolute atomic E-state index is 0.0662. The highest BCUT2D eigenvalue weighted by Crippen LogP contribution is 2.38. The number of hydrogen-bond acceptors (Lipinski definition) is 7. The van der Waals surface area contributed by atoms with Gasteiger partial charge in [0.15, 0.2) is 11.5 Å². The van der Waals surface area contributed by atoms with Crippen LogP contribution in [0.25, 0.3) is 0 Å². The number of nitrogens with zero attached hydrogens (tertiary/aromatic N) is 1. The smallest absolute Gasteiger partial charge is 0.273 e. The summed E-state index contributed by atoms with van der Waals surface area (Å²) in [6.45, 7) is 1.12. The third kappa shape index (κ3) is 5.10. The summed E-state index contributed by atoms with van der Waals surface area (Å²) in [5, 5.41) is 16.9. The Morgan fingerprint density at radius 3 is 2.25 bits per heavy atom. The number of para-hydroxylation sites is 1. The fourth-order valence-electron chi connectivity index (χ4n) is 2.64. The van der Waals surface area contributed by atoms with Gasteiger partial charge in [-0.2, -0.15) is 0 Å². The molecule has 0 aliphatic rings. The second-order valence-electron chi connectivity index (χ2n) is 5.73. The minimum atomic E-state index is -0.413. The van der Waals surface area contributed by atoms with Gasteiger partial charge in [0.1, 0.15) is 0 Å². The summed E-state index contributed by atoms with van der Waals surface area (Å²) in [5.41, 5.74) is 1.02. The maximum atomic E-state index is 12.4. The third-order valence-electron chi connectivity index (χ3n) is 4.02. The maximum Gasteiger partial charge on any atom is 0.273 e. The number of amides is 1. The number of methoxy groups -OCH3 is 3. The molecule has 0 aromatic heterocycles. The van der Waals surface area contributed by atoms with Gasteiger partial charge in [-0.1, -0.05) is 18.2 Å². The molecule has 0 spiro atoms. The van der Waals surface area contributed by atoms with Crippen molar-refractivity contribution in [1.82, 2.24) is 10.6 Å². The van der Waals surface area contributed by atoms with Gasteiger partial charge in [0, 0.05) is 36.8 Å². The van der Waals surface area contributed by atoms with Gasteiger partial charge in [0.25, 0.3) is 11.6 Å². The highest BCUT2D eigenvalue weighted by Gasteiger charge is 2.17. The van der Waals surface area contributed by atoms with E-state index in [1.54, 1.807) is 30.3 Å². The zero-order valence-electron chi connectivity index (χ0n) is 16.0. The van der Waals surface area contributed by atoms with E-state index in [4.69, 9.17) is 14.2 Å². The van der Waals surface area contributed by atoms with Crippen LogP contribution in [0.2, 0.25) is 0 Å². The standard InChI is InChI=1S/C19H23N3O6/c1-26-16-10-14(11-17(27-2)18(16)28-3)19(23)21-9-8-20-12-13-6-4-5-7-15(13)22(24)25/h4-7,10-11,20H,8-9,12H2,1-3H3,(H,21,23). The Bertz CT molecular complexity index is 815. The molecule has 0 unspecified atom stereocenters. The van der Waals surface area contributed by atoms with Crippen LogP contribution in [0.4, 0.5) is 5.69 Å². The normalized spacial score (nSPS) is 10.2. The predicted molar refractivity (Wildman–Crippen MR) is 103 cm³/mol. The molecule has 0 saturated heterocycles. The van der Waals surface area contributed by atoms with Crippen LogP contribution >= 0.6 is 0 Å². The van der Waals surface area contributed by atoms with Gasteiger partial charge in [-0.25, -0.2) is 0 Å². The molecule has 0 heterocycles. The fraction of sp³-hybridized carbons (Fsp3) is 0.316. The number of nitro groups is 1. The quantitative estimate of drug-likeness (QED) is 0.364. The first kappa shape index (κ1) is 21.0. The van der Waals surface area contributed by atoms with Crippen LogP contribution in [0.3, 0.4) is 0 Å². The van der Waals surface area contributed by atoms with E-state index in [1.165, 1.54) is 27.4 Å². The van der Waals surface area contributed by atoms with Crippen LogP contribution in [0, 0.1) is 10.1 Å². The molecule has 9 heteroatoms. The molecule has 0 saturated carbocycles. The Morgan fingerprint density at radius 1 is 1.04 bits per heavy atom. The number of ether oxygens (including phenoxy) is 3. The molecule has 0 radical (unpaired) electrons. The second-order valence-corrected chi connectivity index (χ2v) is 5.73. The Kier molecular flexibility index (Phi) is 7.58. The van der Waals surface area contributed by atoms with E-state index in [-0.39, 0.29) is 11.6 Å². The van der Waals surface area contributed by atoms with Gasteiger partial charge >= 0.3 is 0 Å². The third-order valence-corrected chi connectivity index (χ3v) is 4.02. The van der Waals surface area contributed by atoms with Gasteiger partial charge in [-0.05, 0) is 12.1 Å². The molecule has 28 heavy (non-hydrogen) atoms. The molecule has 2 aromatic rings. The zero-order chi connectivity index (χ0) is 20.5. The predicted octanol–water partition coefficient (Wildman–Crippen LogP) is 2.14. The zero-order valence-corrected chi connectivity index (χ0v) is 16.0. The number of rotatable bonds is 10. The molecule has 0 aliphatic heterocycles. The van der Waals surface area contributed by atoms with Crippen LogP contribution in [0.5, 0.6) is 17.2 Å². The summed E-state index contributed by atoms with van der Waals surface area (Å²) in [5.74, 6) is 0.891. The van der Waals surface area contributed by atoms with E-state index in [2.05, 4.69) is 10.6 Å². The first-order valence-electron chi connectivity index (χ1n) is 8.53. The van der Waals surface area contributed by atoms with E-state index in [1.807, 2.05) is 0 Å². The molecule has 0 fully saturated rings. The Hall–Kier alpha value is -3.33. The SMILES string of the molecule is COc1cc(C(=O)NCCNCc2ccccc2[N+](=O)[O-])cc(OC)c1OC. The van der Waals surface area contributed by atoms with E-state index < -0.39 is 4.92 Å². The molecular formula is C19H23N3O6. The number of nitrogens with one attached hydrogen (secondary N) is 2. The van der Waals surface area contributed by atoms with Gasteiger partial charge in [0.05, 0.1) is 26.3 Å². The average Bonchev–Trinajstić information content (AvgIpc) is 2.72. The van der Waals surface area contributed by atoms with Crippen LogP contribution in [0.15, 0.2) is 36.4 Å². The van der Waals surface area contributed by atoms with E-state index >= 15 is 0 Å².